The van der Waals surface area contributed by atoms with Gasteiger partial charge in [0.1, 0.15) is 0 Å². The molecule has 6 rings (SSSR count). The second kappa shape index (κ2) is 11.2. The molecule has 0 unspecified atom stereocenters. The van der Waals surface area contributed by atoms with Crippen LogP contribution in [0.5, 0.6) is 0 Å². The molecule has 2 N–H and O–H groups in total. The molecule has 1 saturated heterocycles. The van der Waals surface area contributed by atoms with Crippen LogP contribution in [0.15, 0.2) is 97.2 Å². The van der Waals surface area contributed by atoms with Crippen molar-refractivity contribution in [2.75, 3.05) is 11.9 Å². The number of benzene rings is 3. The van der Waals surface area contributed by atoms with Gasteiger partial charge in [-0.2, -0.15) is 0 Å². The fraction of sp³-hybridized carbons (Fsp3) is 0.206. The zero-order valence-electron chi connectivity index (χ0n) is 23.5. The summed E-state index contributed by atoms with van der Waals surface area (Å²) in [5.41, 5.74) is 7.47. The number of nitrogens with zero attached hydrogens (tertiary/aromatic N) is 3. The third-order valence-electron chi connectivity index (χ3n) is 7.91. The van der Waals surface area contributed by atoms with E-state index in [1.54, 1.807) is 0 Å². The third kappa shape index (κ3) is 5.21. The van der Waals surface area contributed by atoms with Crippen LogP contribution in [0.2, 0.25) is 0 Å². The highest BCUT2D eigenvalue weighted by molar-refractivity contribution is 7.80. The fourth-order valence-electron chi connectivity index (χ4n) is 5.93. The van der Waals surface area contributed by atoms with Gasteiger partial charge in [-0.1, -0.05) is 60.2 Å². The van der Waals surface area contributed by atoms with E-state index in [0.29, 0.717) is 18.1 Å². The molecule has 2 aromatic heterocycles. The Kier molecular flexibility index (Phi) is 7.28. The van der Waals surface area contributed by atoms with E-state index in [2.05, 4.69) is 87.5 Å². The summed E-state index contributed by atoms with van der Waals surface area (Å²) in [5, 5.41) is 9.59. The molecule has 0 spiro atoms. The molecule has 1 aliphatic heterocycles. The molecular formula is C34H33N5OS. The van der Waals surface area contributed by atoms with Crippen LogP contribution in [0.25, 0.3) is 16.5 Å². The SMILES string of the molecule is Cc1ccc(NC(=O)CCN2C(=S)N[C@H](c3ccccn3)[C@@H]2c2cc(C)n(-c3cccc4ccccc34)c2C)cc1. The minimum absolute atomic E-state index is 0.0436. The summed E-state index contributed by atoms with van der Waals surface area (Å²) in [6, 6.07) is 30.7. The minimum Gasteiger partial charge on any atom is -0.352 e. The highest BCUT2D eigenvalue weighted by Gasteiger charge is 2.41. The maximum Gasteiger partial charge on any atom is 0.226 e. The standard InChI is InChI=1S/C34H33N5OS/c1-22-14-16-26(17-15-22)36-31(40)18-20-38-33(32(37-34(38)41)29-12-6-7-19-35-29)28-21-23(2)39(24(28)3)30-13-8-10-25-9-4-5-11-27(25)30/h4-17,19,21,32-33H,18,20H2,1-3H3,(H,36,40)(H,37,41)/t32-,33+/m1/s1. The normalized spacial score (nSPS) is 16.7. The molecule has 0 saturated carbocycles. The number of pyridine rings is 1. The highest BCUT2D eigenvalue weighted by atomic mass is 32.1. The molecule has 1 aliphatic rings. The largest absolute Gasteiger partial charge is 0.352 e. The summed E-state index contributed by atoms with van der Waals surface area (Å²) in [5.74, 6) is -0.0436. The topological polar surface area (TPSA) is 62.2 Å². The Hall–Kier alpha value is -4.49. The average Bonchev–Trinajstić information content (AvgIpc) is 3.47. The van der Waals surface area contributed by atoms with Crippen molar-refractivity contribution in [2.24, 2.45) is 0 Å². The number of aromatic nitrogens is 2. The van der Waals surface area contributed by atoms with Crippen LogP contribution in [0.1, 0.15) is 46.7 Å². The number of thiocarbonyl (C=S) groups is 1. The molecular weight excluding hydrogens is 526 g/mol. The average molecular weight is 560 g/mol. The number of anilines is 1. The van der Waals surface area contributed by atoms with Crippen molar-refractivity contribution >= 4 is 39.7 Å². The quantitative estimate of drug-likeness (QED) is 0.211. The van der Waals surface area contributed by atoms with Crippen molar-refractivity contribution in [1.29, 1.82) is 0 Å². The summed E-state index contributed by atoms with van der Waals surface area (Å²) < 4.78 is 2.33. The molecule has 206 valence electrons. The van der Waals surface area contributed by atoms with Crippen molar-refractivity contribution in [3.8, 4) is 5.69 Å². The molecule has 1 fully saturated rings. The lowest BCUT2D eigenvalue weighted by molar-refractivity contribution is -0.116. The molecule has 2 atom stereocenters. The molecule has 3 heterocycles. The van der Waals surface area contributed by atoms with Crippen LogP contribution in [-0.2, 0) is 4.79 Å². The molecule has 1 amide bonds. The van der Waals surface area contributed by atoms with E-state index in [9.17, 15) is 4.79 Å². The first kappa shape index (κ1) is 26.7. The molecule has 0 bridgehead atoms. The number of rotatable bonds is 7. The van der Waals surface area contributed by atoms with E-state index < -0.39 is 0 Å². The van der Waals surface area contributed by atoms with E-state index in [1.807, 2.05) is 55.6 Å². The van der Waals surface area contributed by atoms with Crippen LogP contribution < -0.4 is 10.6 Å². The van der Waals surface area contributed by atoms with E-state index in [1.165, 1.54) is 10.8 Å². The number of fused-ring (bicyclic) bond motifs is 1. The Morgan fingerprint density at radius 3 is 2.49 bits per heavy atom. The molecule has 0 aliphatic carbocycles. The number of hydrogen-bond donors (Lipinski definition) is 2. The first-order chi connectivity index (χ1) is 19.9. The third-order valence-corrected chi connectivity index (χ3v) is 8.26. The highest BCUT2D eigenvalue weighted by Crippen LogP contribution is 2.42. The second-order valence-electron chi connectivity index (χ2n) is 10.6. The first-order valence-corrected chi connectivity index (χ1v) is 14.3. The van der Waals surface area contributed by atoms with Gasteiger partial charge in [0.05, 0.1) is 23.5 Å². The first-order valence-electron chi connectivity index (χ1n) is 13.9. The van der Waals surface area contributed by atoms with Crippen LogP contribution in [0.3, 0.4) is 0 Å². The van der Waals surface area contributed by atoms with Gasteiger partial charge in [0.2, 0.25) is 5.91 Å². The zero-order chi connectivity index (χ0) is 28.5. The smallest absolute Gasteiger partial charge is 0.226 e. The molecule has 5 aromatic rings. The predicted molar refractivity (Wildman–Crippen MR) is 169 cm³/mol. The number of aryl methyl sites for hydroxylation is 2. The summed E-state index contributed by atoms with van der Waals surface area (Å²) in [4.78, 5) is 19.8. The Labute approximate surface area is 246 Å². The van der Waals surface area contributed by atoms with Gasteiger partial charge in [0, 0.05) is 41.6 Å². The monoisotopic (exact) mass is 559 g/mol. The predicted octanol–water partition coefficient (Wildman–Crippen LogP) is 6.95. The maximum absolute atomic E-state index is 13.0. The summed E-state index contributed by atoms with van der Waals surface area (Å²) in [6.45, 7) is 6.83. The van der Waals surface area contributed by atoms with Gasteiger partial charge < -0.3 is 20.1 Å². The Bertz CT molecular complexity index is 1720. The van der Waals surface area contributed by atoms with E-state index in [4.69, 9.17) is 12.2 Å². The van der Waals surface area contributed by atoms with Crippen LogP contribution in [-0.4, -0.2) is 32.0 Å². The Morgan fingerprint density at radius 2 is 1.71 bits per heavy atom. The number of carbonyl (C=O) groups excluding carboxylic acids is 1. The number of carbonyl (C=O) groups is 1. The van der Waals surface area contributed by atoms with Crippen molar-refractivity contribution in [3.05, 3.63) is 125 Å². The van der Waals surface area contributed by atoms with Gasteiger partial charge in [0.25, 0.3) is 0 Å². The number of amides is 1. The van der Waals surface area contributed by atoms with Gasteiger partial charge in [-0.25, -0.2) is 0 Å². The van der Waals surface area contributed by atoms with Crippen molar-refractivity contribution < 1.29 is 4.79 Å². The molecule has 7 heteroatoms. The molecule has 41 heavy (non-hydrogen) atoms. The molecule has 0 radical (unpaired) electrons. The van der Waals surface area contributed by atoms with Gasteiger partial charge in [0.15, 0.2) is 5.11 Å². The summed E-state index contributed by atoms with van der Waals surface area (Å²) >= 11 is 5.88. The van der Waals surface area contributed by atoms with Gasteiger partial charge in [-0.3, -0.25) is 9.78 Å². The van der Waals surface area contributed by atoms with E-state index >= 15 is 0 Å². The fourth-order valence-corrected chi connectivity index (χ4v) is 6.26. The lowest BCUT2D eigenvalue weighted by Crippen LogP contribution is -2.32. The molecule has 6 nitrogen and oxygen atoms in total. The number of nitrogens with one attached hydrogen (secondary N) is 2. The van der Waals surface area contributed by atoms with Crippen molar-refractivity contribution in [3.63, 3.8) is 0 Å². The minimum atomic E-state index is -0.148. The Balaban J connectivity index is 1.36. The maximum atomic E-state index is 13.0. The molecule has 3 aromatic carbocycles. The van der Waals surface area contributed by atoms with Crippen LogP contribution in [0, 0.1) is 20.8 Å². The summed E-state index contributed by atoms with van der Waals surface area (Å²) in [6.07, 6.45) is 2.12. The van der Waals surface area contributed by atoms with Gasteiger partial charge in [-0.05, 0) is 80.3 Å². The van der Waals surface area contributed by atoms with Crippen molar-refractivity contribution in [1.82, 2.24) is 19.8 Å². The lowest BCUT2D eigenvalue weighted by Gasteiger charge is -2.28. The number of hydrogen-bond acceptors (Lipinski definition) is 3. The lowest BCUT2D eigenvalue weighted by atomic mass is 9.96. The second-order valence-corrected chi connectivity index (χ2v) is 11.0. The van der Waals surface area contributed by atoms with Crippen LogP contribution >= 0.6 is 12.2 Å². The van der Waals surface area contributed by atoms with Crippen LogP contribution in [0.4, 0.5) is 5.69 Å². The van der Waals surface area contributed by atoms with Gasteiger partial charge >= 0.3 is 0 Å². The van der Waals surface area contributed by atoms with E-state index in [-0.39, 0.29) is 18.0 Å². The van der Waals surface area contributed by atoms with Crippen molar-refractivity contribution in [2.45, 2.75) is 39.3 Å². The summed E-state index contributed by atoms with van der Waals surface area (Å²) in [7, 11) is 0. The van der Waals surface area contributed by atoms with E-state index in [0.717, 1.165) is 39.6 Å². The zero-order valence-corrected chi connectivity index (χ0v) is 24.3. The Morgan fingerprint density at radius 1 is 0.951 bits per heavy atom. The van der Waals surface area contributed by atoms with Gasteiger partial charge in [-0.15, -0.1) is 0 Å².